The largest absolute Gasteiger partial charge is 0.462 e. The molecule has 0 unspecified atom stereocenters. The maximum absolute atomic E-state index is 12.1. The number of rotatable bonds is 3. The van der Waals surface area contributed by atoms with Crippen molar-refractivity contribution in [3.8, 4) is 0 Å². The topological polar surface area (TPSA) is 87.7 Å². The summed E-state index contributed by atoms with van der Waals surface area (Å²) in [5.74, 6) is -1.88. The highest BCUT2D eigenvalue weighted by molar-refractivity contribution is 6.39. The summed E-state index contributed by atoms with van der Waals surface area (Å²) >= 11 is 0. The molecule has 0 spiro atoms. The summed E-state index contributed by atoms with van der Waals surface area (Å²) < 4.78 is 4.93. The fourth-order valence-electron chi connectivity index (χ4n) is 2.17. The zero-order valence-corrected chi connectivity index (χ0v) is 12.4. The van der Waals surface area contributed by atoms with E-state index in [0.717, 1.165) is 0 Å². The molecule has 7 nitrogen and oxygen atoms in total. The second-order valence-electron chi connectivity index (χ2n) is 4.76. The van der Waals surface area contributed by atoms with Crippen molar-refractivity contribution in [3.63, 3.8) is 0 Å². The van der Waals surface area contributed by atoms with E-state index >= 15 is 0 Å². The summed E-state index contributed by atoms with van der Waals surface area (Å²) in [6.45, 7) is 4.25. The van der Waals surface area contributed by atoms with E-state index in [2.05, 4.69) is 10.6 Å². The summed E-state index contributed by atoms with van der Waals surface area (Å²) in [6.07, 6.45) is 0. The van der Waals surface area contributed by atoms with Crippen LogP contribution < -0.4 is 10.6 Å². The molecule has 1 saturated heterocycles. The van der Waals surface area contributed by atoms with E-state index in [0.29, 0.717) is 26.2 Å². The lowest BCUT2D eigenvalue weighted by molar-refractivity contribution is -0.143. The van der Waals surface area contributed by atoms with Gasteiger partial charge in [0.2, 0.25) is 0 Å². The molecule has 0 atom stereocenters. The van der Waals surface area contributed by atoms with E-state index in [4.69, 9.17) is 4.74 Å². The van der Waals surface area contributed by atoms with Gasteiger partial charge in [-0.2, -0.15) is 0 Å². The van der Waals surface area contributed by atoms with Gasteiger partial charge in [0.15, 0.2) is 0 Å². The van der Waals surface area contributed by atoms with E-state index in [-0.39, 0.29) is 17.9 Å². The quantitative estimate of drug-likeness (QED) is 0.617. The van der Waals surface area contributed by atoms with Crippen molar-refractivity contribution >= 4 is 23.5 Å². The lowest BCUT2D eigenvalue weighted by Gasteiger charge is -2.26. The molecule has 0 bridgehead atoms. The normalized spacial score (nSPS) is 14.3. The third-order valence-corrected chi connectivity index (χ3v) is 3.27. The molecule has 0 aliphatic carbocycles. The second kappa shape index (κ2) is 7.56. The number of anilines is 1. The minimum absolute atomic E-state index is 0.228. The van der Waals surface area contributed by atoms with Crippen molar-refractivity contribution in [3.05, 3.63) is 29.8 Å². The Kier molecular flexibility index (Phi) is 5.48. The van der Waals surface area contributed by atoms with Gasteiger partial charge >= 0.3 is 17.8 Å². The van der Waals surface area contributed by atoms with Gasteiger partial charge in [0.1, 0.15) is 0 Å². The Morgan fingerprint density at radius 3 is 2.59 bits per heavy atom. The molecule has 1 aromatic carbocycles. The maximum atomic E-state index is 12.1. The lowest BCUT2D eigenvalue weighted by atomic mass is 10.1. The molecule has 2 amide bonds. The summed E-state index contributed by atoms with van der Waals surface area (Å²) in [5, 5.41) is 5.61. The van der Waals surface area contributed by atoms with Crippen molar-refractivity contribution in [2.24, 2.45) is 0 Å². The maximum Gasteiger partial charge on any atom is 0.340 e. The van der Waals surface area contributed by atoms with Crippen LogP contribution in [-0.2, 0) is 14.3 Å². The van der Waals surface area contributed by atoms with Crippen molar-refractivity contribution < 1.29 is 19.1 Å². The molecule has 22 heavy (non-hydrogen) atoms. The van der Waals surface area contributed by atoms with Crippen molar-refractivity contribution in [2.45, 2.75) is 6.92 Å². The number of benzene rings is 1. The van der Waals surface area contributed by atoms with E-state index in [1.807, 2.05) is 0 Å². The van der Waals surface area contributed by atoms with Crippen LogP contribution in [0.3, 0.4) is 0 Å². The molecular formula is C15H19N3O4. The van der Waals surface area contributed by atoms with Gasteiger partial charge < -0.3 is 20.3 Å². The molecule has 118 valence electrons. The Hall–Kier alpha value is -2.41. The van der Waals surface area contributed by atoms with Gasteiger partial charge in [0.05, 0.1) is 17.9 Å². The zero-order chi connectivity index (χ0) is 15.9. The number of carbonyl (C=O) groups is 3. The van der Waals surface area contributed by atoms with Crippen LogP contribution >= 0.6 is 0 Å². The molecule has 1 aliphatic heterocycles. The molecule has 2 N–H and O–H groups in total. The number of para-hydroxylation sites is 1. The number of hydrogen-bond donors (Lipinski definition) is 2. The monoisotopic (exact) mass is 305 g/mol. The predicted molar refractivity (Wildman–Crippen MR) is 80.5 cm³/mol. The number of esters is 1. The SMILES string of the molecule is CCOC(=O)c1ccccc1NC(=O)C(=O)N1CCNCC1. The molecule has 0 saturated carbocycles. The number of piperazine rings is 1. The minimum Gasteiger partial charge on any atom is -0.462 e. The first-order valence-corrected chi connectivity index (χ1v) is 7.20. The number of amides is 2. The summed E-state index contributed by atoms with van der Waals surface area (Å²) in [5.41, 5.74) is 0.500. The van der Waals surface area contributed by atoms with Crippen LogP contribution in [0.2, 0.25) is 0 Å². The lowest BCUT2D eigenvalue weighted by Crippen LogP contribution is -2.50. The highest BCUT2D eigenvalue weighted by atomic mass is 16.5. The zero-order valence-electron chi connectivity index (χ0n) is 12.4. The first-order valence-electron chi connectivity index (χ1n) is 7.20. The van der Waals surface area contributed by atoms with Crippen molar-refractivity contribution in [1.29, 1.82) is 0 Å². The third kappa shape index (κ3) is 3.82. The van der Waals surface area contributed by atoms with E-state index in [9.17, 15) is 14.4 Å². The van der Waals surface area contributed by atoms with Gasteiger partial charge in [0.25, 0.3) is 0 Å². The third-order valence-electron chi connectivity index (χ3n) is 3.27. The van der Waals surface area contributed by atoms with Crippen LogP contribution in [0, 0.1) is 0 Å². The Bertz CT molecular complexity index is 568. The minimum atomic E-state index is -0.751. The number of nitrogens with zero attached hydrogens (tertiary/aromatic N) is 1. The van der Waals surface area contributed by atoms with Gasteiger partial charge in [-0.1, -0.05) is 12.1 Å². The van der Waals surface area contributed by atoms with Crippen LogP contribution in [0.25, 0.3) is 0 Å². The van der Waals surface area contributed by atoms with Gasteiger partial charge in [0, 0.05) is 26.2 Å². The molecule has 1 aromatic rings. The molecule has 1 aliphatic rings. The number of carbonyl (C=O) groups excluding carboxylic acids is 3. The number of ether oxygens (including phenoxy) is 1. The summed E-state index contributed by atoms with van der Waals surface area (Å²) in [4.78, 5) is 37.5. The van der Waals surface area contributed by atoms with Crippen LogP contribution in [0.15, 0.2) is 24.3 Å². The predicted octanol–water partition coefficient (Wildman–Crippen LogP) is 0.234. The smallest absolute Gasteiger partial charge is 0.340 e. The summed E-state index contributed by atoms with van der Waals surface area (Å²) in [6, 6.07) is 6.45. The molecular weight excluding hydrogens is 286 g/mol. The highest BCUT2D eigenvalue weighted by Gasteiger charge is 2.24. The average Bonchev–Trinajstić information content (AvgIpc) is 2.55. The van der Waals surface area contributed by atoms with Crippen molar-refractivity contribution in [2.75, 3.05) is 38.1 Å². The van der Waals surface area contributed by atoms with Crippen molar-refractivity contribution in [1.82, 2.24) is 10.2 Å². The van der Waals surface area contributed by atoms with Gasteiger partial charge in [-0.3, -0.25) is 9.59 Å². The number of hydrogen-bond acceptors (Lipinski definition) is 5. The second-order valence-corrected chi connectivity index (χ2v) is 4.76. The van der Waals surface area contributed by atoms with Gasteiger partial charge in [-0.15, -0.1) is 0 Å². The van der Waals surface area contributed by atoms with Crippen LogP contribution in [0.4, 0.5) is 5.69 Å². The number of nitrogens with one attached hydrogen (secondary N) is 2. The Morgan fingerprint density at radius 1 is 1.23 bits per heavy atom. The molecule has 2 rings (SSSR count). The first-order chi connectivity index (χ1) is 10.6. The summed E-state index contributed by atoms with van der Waals surface area (Å²) in [7, 11) is 0. The van der Waals surface area contributed by atoms with E-state index in [1.165, 1.54) is 4.90 Å². The molecule has 1 heterocycles. The Balaban J connectivity index is 2.08. The van der Waals surface area contributed by atoms with Gasteiger partial charge in [-0.25, -0.2) is 4.79 Å². The van der Waals surface area contributed by atoms with E-state index < -0.39 is 17.8 Å². The fourth-order valence-corrected chi connectivity index (χ4v) is 2.17. The average molecular weight is 305 g/mol. The van der Waals surface area contributed by atoms with Crippen LogP contribution in [-0.4, -0.2) is 55.5 Å². The van der Waals surface area contributed by atoms with E-state index in [1.54, 1.807) is 31.2 Å². The first kappa shape index (κ1) is 16.0. The van der Waals surface area contributed by atoms with Crippen LogP contribution in [0.5, 0.6) is 0 Å². The molecule has 0 radical (unpaired) electrons. The molecule has 0 aromatic heterocycles. The fraction of sp³-hybridized carbons (Fsp3) is 0.400. The Labute approximate surface area is 128 Å². The molecule has 1 fully saturated rings. The van der Waals surface area contributed by atoms with Crippen LogP contribution in [0.1, 0.15) is 17.3 Å². The Morgan fingerprint density at radius 2 is 1.91 bits per heavy atom. The highest BCUT2D eigenvalue weighted by Crippen LogP contribution is 2.16. The molecule has 7 heteroatoms. The standard InChI is InChI=1S/C15H19N3O4/c1-2-22-15(21)11-5-3-4-6-12(11)17-13(19)14(20)18-9-7-16-8-10-18/h3-6,16H,2,7-10H2,1H3,(H,17,19). The van der Waals surface area contributed by atoms with Gasteiger partial charge in [-0.05, 0) is 19.1 Å².